The van der Waals surface area contributed by atoms with Crippen molar-refractivity contribution in [2.45, 2.75) is 19.6 Å². The minimum Gasteiger partial charge on any atom is -0.484 e. The van der Waals surface area contributed by atoms with Crippen LogP contribution in [0.4, 0.5) is 13.2 Å². The summed E-state index contributed by atoms with van der Waals surface area (Å²) in [5.74, 6) is 0.257. The monoisotopic (exact) mass is 277 g/mol. The van der Waals surface area contributed by atoms with E-state index in [0.717, 1.165) is 5.56 Å². The lowest BCUT2D eigenvalue weighted by Crippen LogP contribution is -2.22. The Morgan fingerprint density at radius 2 is 2.00 bits per heavy atom. The van der Waals surface area contributed by atoms with Crippen LogP contribution >= 0.6 is 0 Å². The lowest BCUT2D eigenvalue weighted by molar-refractivity contribution is -0.153. The Labute approximate surface area is 110 Å². The van der Waals surface area contributed by atoms with Crippen LogP contribution in [0.15, 0.2) is 18.2 Å². The van der Waals surface area contributed by atoms with Gasteiger partial charge in [0.05, 0.1) is 6.61 Å². The maximum absolute atomic E-state index is 12.1. The van der Waals surface area contributed by atoms with Crippen molar-refractivity contribution in [3.05, 3.63) is 29.3 Å². The summed E-state index contributed by atoms with van der Waals surface area (Å²) in [4.78, 5) is 0. The second-order valence-corrected chi connectivity index (χ2v) is 4.18. The van der Waals surface area contributed by atoms with Gasteiger partial charge in [-0.3, -0.25) is 0 Å². The quantitative estimate of drug-likeness (QED) is 0.777. The standard InChI is InChI=1S/C13H18F3NO2/c1-10-3-4-12(19-9-13(14,15)16)11(7-10)8-17-5-6-18-2/h3-4,7,17H,5-6,8-9H2,1-2H3. The van der Waals surface area contributed by atoms with Gasteiger partial charge in [-0.25, -0.2) is 0 Å². The van der Waals surface area contributed by atoms with Crippen LogP contribution in [-0.2, 0) is 11.3 Å². The number of alkyl halides is 3. The molecule has 0 radical (unpaired) electrons. The fraction of sp³-hybridized carbons (Fsp3) is 0.538. The summed E-state index contributed by atoms with van der Waals surface area (Å²) in [5.41, 5.74) is 1.68. The molecule has 0 atom stereocenters. The van der Waals surface area contributed by atoms with E-state index in [9.17, 15) is 13.2 Å². The first kappa shape index (κ1) is 15.8. The molecule has 0 aliphatic rings. The molecule has 0 fully saturated rings. The van der Waals surface area contributed by atoms with Crippen LogP contribution in [0.2, 0.25) is 0 Å². The molecule has 1 aromatic rings. The molecule has 6 heteroatoms. The van der Waals surface area contributed by atoms with Gasteiger partial charge >= 0.3 is 6.18 Å². The van der Waals surface area contributed by atoms with E-state index in [1.54, 1.807) is 19.2 Å². The Kier molecular flexibility index (Phi) is 6.11. The first-order valence-electron chi connectivity index (χ1n) is 5.91. The van der Waals surface area contributed by atoms with Gasteiger partial charge in [-0.1, -0.05) is 17.7 Å². The molecule has 108 valence electrons. The average molecular weight is 277 g/mol. The molecule has 0 bridgehead atoms. The lowest BCUT2D eigenvalue weighted by atomic mass is 10.1. The Morgan fingerprint density at radius 3 is 2.63 bits per heavy atom. The zero-order chi connectivity index (χ0) is 14.3. The van der Waals surface area contributed by atoms with E-state index >= 15 is 0 Å². The third-order valence-corrected chi connectivity index (χ3v) is 2.41. The van der Waals surface area contributed by atoms with Crippen LogP contribution in [0, 0.1) is 6.92 Å². The minimum absolute atomic E-state index is 0.257. The van der Waals surface area contributed by atoms with Crippen molar-refractivity contribution >= 4 is 0 Å². The smallest absolute Gasteiger partial charge is 0.422 e. The molecular formula is C13H18F3NO2. The fourth-order valence-electron chi connectivity index (χ4n) is 1.54. The summed E-state index contributed by atoms with van der Waals surface area (Å²) < 4.78 is 46.1. The zero-order valence-electron chi connectivity index (χ0n) is 11.0. The Bertz CT molecular complexity index is 394. The van der Waals surface area contributed by atoms with E-state index in [2.05, 4.69) is 5.32 Å². The van der Waals surface area contributed by atoms with Crippen LogP contribution in [0.25, 0.3) is 0 Å². The highest BCUT2D eigenvalue weighted by Crippen LogP contribution is 2.23. The minimum atomic E-state index is -4.33. The highest BCUT2D eigenvalue weighted by molar-refractivity contribution is 5.36. The van der Waals surface area contributed by atoms with Crippen LogP contribution in [0.3, 0.4) is 0 Å². The molecule has 0 aromatic heterocycles. The van der Waals surface area contributed by atoms with E-state index < -0.39 is 12.8 Å². The first-order chi connectivity index (χ1) is 8.92. The van der Waals surface area contributed by atoms with E-state index in [4.69, 9.17) is 9.47 Å². The van der Waals surface area contributed by atoms with Gasteiger partial charge in [-0.2, -0.15) is 13.2 Å². The van der Waals surface area contributed by atoms with Crippen molar-refractivity contribution in [1.29, 1.82) is 0 Å². The highest BCUT2D eigenvalue weighted by atomic mass is 19.4. The molecule has 3 nitrogen and oxygen atoms in total. The number of ether oxygens (including phenoxy) is 2. The topological polar surface area (TPSA) is 30.5 Å². The predicted octanol–water partition coefficient (Wildman–Crippen LogP) is 2.67. The van der Waals surface area contributed by atoms with Gasteiger partial charge in [-0.05, 0) is 13.0 Å². The van der Waals surface area contributed by atoms with Crippen LogP contribution in [0.5, 0.6) is 5.75 Å². The van der Waals surface area contributed by atoms with Crippen molar-refractivity contribution in [2.24, 2.45) is 0 Å². The largest absolute Gasteiger partial charge is 0.484 e. The van der Waals surface area contributed by atoms with E-state index in [1.165, 1.54) is 0 Å². The summed E-state index contributed by atoms with van der Waals surface area (Å²) in [6, 6.07) is 5.10. The normalized spacial score (nSPS) is 11.6. The zero-order valence-corrected chi connectivity index (χ0v) is 11.0. The molecule has 0 aliphatic heterocycles. The van der Waals surface area contributed by atoms with Crippen molar-refractivity contribution < 1.29 is 22.6 Å². The van der Waals surface area contributed by atoms with Gasteiger partial charge in [0.25, 0.3) is 0 Å². The summed E-state index contributed by atoms with van der Waals surface area (Å²) in [7, 11) is 1.59. The second-order valence-electron chi connectivity index (χ2n) is 4.18. The Morgan fingerprint density at radius 1 is 1.26 bits per heavy atom. The molecule has 1 rings (SSSR count). The maximum Gasteiger partial charge on any atom is 0.422 e. The second kappa shape index (κ2) is 7.35. The third kappa shape index (κ3) is 6.45. The van der Waals surface area contributed by atoms with Gasteiger partial charge in [0.1, 0.15) is 5.75 Å². The molecule has 0 aliphatic carbocycles. The number of halogens is 3. The molecule has 1 aromatic carbocycles. The van der Waals surface area contributed by atoms with Gasteiger partial charge in [0.15, 0.2) is 6.61 Å². The summed E-state index contributed by atoms with van der Waals surface area (Å²) in [6.45, 7) is 2.22. The van der Waals surface area contributed by atoms with Crippen molar-refractivity contribution in [1.82, 2.24) is 5.32 Å². The molecule has 0 saturated heterocycles. The van der Waals surface area contributed by atoms with Crippen LogP contribution < -0.4 is 10.1 Å². The van der Waals surface area contributed by atoms with Gasteiger partial charge in [0.2, 0.25) is 0 Å². The van der Waals surface area contributed by atoms with Crippen LogP contribution in [-0.4, -0.2) is 33.0 Å². The van der Waals surface area contributed by atoms with Crippen molar-refractivity contribution in [2.75, 3.05) is 26.9 Å². The van der Waals surface area contributed by atoms with Crippen molar-refractivity contribution in [3.63, 3.8) is 0 Å². The number of methoxy groups -OCH3 is 1. The molecule has 0 unspecified atom stereocenters. The number of aryl methyl sites for hydroxylation is 1. The Hall–Kier alpha value is -1.27. The number of benzene rings is 1. The maximum atomic E-state index is 12.1. The molecule has 1 N–H and O–H groups in total. The Balaban J connectivity index is 2.63. The highest BCUT2D eigenvalue weighted by Gasteiger charge is 2.28. The van der Waals surface area contributed by atoms with Gasteiger partial charge in [-0.15, -0.1) is 0 Å². The predicted molar refractivity (Wildman–Crippen MR) is 66.3 cm³/mol. The molecular weight excluding hydrogens is 259 g/mol. The average Bonchev–Trinajstić information content (AvgIpc) is 2.32. The first-order valence-corrected chi connectivity index (χ1v) is 5.91. The third-order valence-electron chi connectivity index (χ3n) is 2.41. The van der Waals surface area contributed by atoms with Gasteiger partial charge in [0, 0.05) is 25.8 Å². The van der Waals surface area contributed by atoms with Crippen molar-refractivity contribution in [3.8, 4) is 5.75 Å². The lowest BCUT2D eigenvalue weighted by Gasteiger charge is -2.14. The van der Waals surface area contributed by atoms with E-state index in [-0.39, 0.29) is 5.75 Å². The number of hydrogen-bond donors (Lipinski definition) is 1. The molecule has 0 heterocycles. The summed E-state index contributed by atoms with van der Waals surface area (Å²) in [5, 5.41) is 3.08. The molecule has 0 saturated carbocycles. The summed E-state index contributed by atoms with van der Waals surface area (Å²) >= 11 is 0. The number of nitrogens with one attached hydrogen (secondary N) is 1. The van der Waals surface area contributed by atoms with E-state index in [1.807, 2.05) is 13.0 Å². The summed E-state index contributed by atoms with van der Waals surface area (Å²) in [6.07, 6.45) is -4.33. The van der Waals surface area contributed by atoms with Crippen LogP contribution in [0.1, 0.15) is 11.1 Å². The fourth-order valence-corrected chi connectivity index (χ4v) is 1.54. The number of rotatable bonds is 7. The molecule has 0 amide bonds. The van der Waals surface area contributed by atoms with E-state index in [0.29, 0.717) is 25.3 Å². The molecule has 19 heavy (non-hydrogen) atoms. The molecule has 0 spiro atoms. The SMILES string of the molecule is COCCNCc1cc(C)ccc1OCC(F)(F)F. The number of hydrogen-bond acceptors (Lipinski definition) is 3. The van der Waals surface area contributed by atoms with Gasteiger partial charge < -0.3 is 14.8 Å².